The highest BCUT2D eigenvalue weighted by atomic mass is 32.2. The van der Waals surface area contributed by atoms with Crippen molar-refractivity contribution in [1.82, 2.24) is 5.01 Å². The van der Waals surface area contributed by atoms with Crippen molar-refractivity contribution >= 4 is 17.0 Å². The lowest BCUT2D eigenvalue weighted by molar-refractivity contribution is 0.0407. The minimum Gasteiger partial charge on any atom is -0.505 e. The van der Waals surface area contributed by atoms with Crippen molar-refractivity contribution in [3.8, 4) is 5.75 Å². The number of morpholine rings is 1. The molecule has 0 aromatic heterocycles. The smallest absolute Gasteiger partial charge is 0.277 e. The van der Waals surface area contributed by atoms with E-state index in [-0.39, 0.29) is 5.69 Å². The molecule has 1 aromatic carbocycles. The summed E-state index contributed by atoms with van der Waals surface area (Å²) in [6, 6.07) is 3.53. The second-order valence-electron chi connectivity index (χ2n) is 3.71. The Bertz CT molecular complexity index is 454. The minimum atomic E-state index is -2.31. The van der Waals surface area contributed by atoms with Gasteiger partial charge in [0.2, 0.25) is 0 Å². The Labute approximate surface area is 106 Å². The Balaban J connectivity index is 2.28. The molecule has 1 heterocycles. The van der Waals surface area contributed by atoms with Crippen LogP contribution in [0.5, 0.6) is 5.75 Å². The monoisotopic (exact) mass is 276 g/mol. The van der Waals surface area contributed by atoms with Crippen molar-refractivity contribution in [2.24, 2.45) is 0 Å². The van der Waals surface area contributed by atoms with E-state index in [4.69, 9.17) is 9.84 Å². The van der Waals surface area contributed by atoms with Crippen LogP contribution in [-0.4, -0.2) is 45.2 Å². The van der Waals surface area contributed by atoms with Gasteiger partial charge in [0, 0.05) is 19.2 Å². The number of ether oxygens (including phenoxy) is 1. The SMILES string of the molecule is O=S(O)N(c1ccc(O)c(F)c1)N1CCOCC1. The third-order valence-corrected chi connectivity index (χ3v) is 3.28. The Hall–Kier alpha value is -1.22. The van der Waals surface area contributed by atoms with Crippen LogP contribution in [0, 0.1) is 5.82 Å². The molecule has 0 aliphatic carbocycles. The number of aromatic hydroxyl groups is 1. The molecule has 1 aliphatic heterocycles. The first kappa shape index (κ1) is 13.2. The van der Waals surface area contributed by atoms with Crippen molar-refractivity contribution in [1.29, 1.82) is 0 Å². The average molecular weight is 276 g/mol. The van der Waals surface area contributed by atoms with Gasteiger partial charge in [-0.15, -0.1) is 0 Å². The number of halogens is 1. The first-order valence-corrected chi connectivity index (χ1v) is 6.38. The van der Waals surface area contributed by atoms with Gasteiger partial charge in [-0.05, 0) is 12.1 Å². The Kier molecular flexibility index (Phi) is 4.12. The number of rotatable bonds is 3. The molecule has 18 heavy (non-hydrogen) atoms. The van der Waals surface area contributed by atoms with E-state index in [2.05, 4.69) is 0 Å². The fraction of sp³-hybridized carbons (Fsp3) is 0.400. The molecule has 0 radical (unpaired) electrons. The zero-order valence-electron chi connectivity index (χ0n) is 9.45. The summed E-state index contributed by atoms with van der Waals surface area (Å²) in [5.41, 5.74) is 0.202. The van der Waals surface area contributed by atoms with Gasteiger partial charge < -0.3 is 9.84 Å². The third-order valence-electron chi connectivity index (χ3n) is 2.54. The van der Waals surface area contributed by atoms with Gasteiger partial charge in [-0.25, -0.2) is 13.6 Å². The number of benzene rings is 1. The molecule has 1 atom stereocenters. The molecule has 8 heteroatoms. The maximum atomic E-state index is 13.3. The molecular formula is C10H13FN2O4S. The van der Waals surface area contributed by atoms with Gasteiger partial charge in [0.25, 0.3) is 11.3 Å². The molecule has 0 spiro atoms. The molecule has 2 rings (SSSR count). The maximum absolute atomic E-state index is 13.3. The quantitative estimate of drug-likeness (QED) is 0.796. The number of phenols is 1. The van der Waals surface area contributed by atoms with Crippen molar-refractivity contribution in [2.75, 3.05) is 30.7 Å². The number of hydrogen-bond acceptors (Lipinski definition) is 4. The molecule has 1 fully saturated rings. The van der Waals surface area contributed by atoms with Crippen LogP contribution in [0.1, 0.15) is 0 Å². The summed E-state index contributed by atoms with van der Waals surface area (Å²) in [4.78, 5) is 0. The molecule has 2 N–H and O–H groups in total. The Morgan fingerprint density at radius 1 is 1.39 bits per heavy atom. The van der Waals surface area contributed by atoms with Gasteiger partial charge in [-0.2, -0.15) is 4.41 Å². The lowest BCUT2D eigenvalue weighted by Gasteiger charge is -2.35. The third kappa shape index (κ3) is 2.78. The van der Waals surface area contributed by atoms with E-state index in [0.29, 0.717) is 26.3 Å². The van der Waals surface area contributed by atoms with Crippen LogP contribution in [0.4, 0.5) is 10.1 Å². The lowest BCUT2D eigenvalue weighted by Crippen LogP contribution is -2.49. The number of nitrogens with zero attached hydrogens (tertiary/aromatic N) is 2. The van der Waals surface area contributed by atoms with Crippen LogP contribution in [0.25, 0.3) is 0 Å². The van der Waals surface area contributed by atoms with Gasteiger partial charge >= 0.3 is 0 Å². The summed E-state index contributed by atoms with van der Waals surface area (Å²) in [5, 5.41) is 10.7. The molecular weight excluding hydrogens is 263 g/mol. The fourth-order valence-corrected chi connectivity index (χ4v) is 2.36. The topological polar surface area (TPSA) is 73.2 Å². The molecule has 0 saturated carbocycles. The highest BCUT2D eigenvalue weighted by Crippen LogP contribution is 2.25. The van der Waals surface area contributed by atoms with Crippen LogP contribution < -0.4 is 4.41 Å². The molecule has 100 valence electrons. The fourth-order valence-electron chi connectivity index (χ4n) is 1.70. The number of anilines is 1. The zero-order valence-corrected chi connectivity index (χ0v) is 10.3. The first-order valence-electron chi connectivity index (χ1n) is 5.32. The van der Waals surface area contributed by atoms with E-state index in [1.54, 1.807) is 5.01 Å². The lowest BCUT2D eigenvalue weighted by atomic mass is 10.3. The predicted octanol–water partition coefficient (Wildman–Crippen LogP) is 0.722. The molecule has 6 nitrogen and oxygen atoms in total. The first-order chi connectivity index (χ1) is 8.59. The van der Waals surface area contributed by atoms with Gasteiger partial charge in [0.15, 0.2) is 11.6 Å². The average Bonchev–Trinajstić information content (AvgIpc) is 2.35. The number of phenolic OH excluding ortho intramolecular Hbond substituents is 1. The molecule has 0 amide bonds. The molecule has 1 saturated heterocycles. The Morgan fingerprint density at radius 2 is 2.06 bits per heavy atom. The Morgan fingerprint density at radius 3 is 2.61 bits per heavy atom. The minimum absolute atomic E-state index is 0.202. The summed E-state index contributed by atoms with van der Waals surface area (Å²) >= 11 is -2.31. The predicted molar refractivity (Wildman–Crippen MR) is 63.7 cm³/mol. The van der Waals surface area contributed by atoms with Crippen LogP contribution in [0.3, 0.4) is 0 Å². The molecule has 1 aromatic rings. The van der Waals surface area contributed by atoms with Gasteiger partial charge in [0.05, 0.1) is 18.9 Å². The summed E-state index contributed by atoms with van der Waals surface area (Å²) in [5.74, 6) is -1.33. The standard InChI is InChI=1S/C10H13FN2O4S/c11-9-7-8(1-2-10(9)14)13(18(15)16)12-3-5-17-6-4-12/h1-2,7,14H,3-6H2,(H,15,16). The van der Waals surface area contributed by atoms with Crippen LogP contribution >= 0.6 is 0 Å². The van der Waals surface area contributed by atoms with Crippen LogP contribution in [0.2, 0.25) is 0 Å². The zero-order chi connectivity index (χ0) is 13.1. The van der Waals surface area contributed by atoms with Gasteiger partial charge in [-0.3, -0.25) is 4.55 Å². The van der Waals surface area contributed by atoms with Crippen LogP contribution in [-0.2, 0) is 16.0 Å². The van der Waals surface area contributed by atoms with E-state index >= 15 is 0 Å². The van der Waals surface area contributed by atoms with Gasteiger partial charge in [0.1, 0.15) is 0 Å². The summed E-state index contributed by atoms with van der Waals surface area (Å²) in [6.45, 7) is 1.76. The highest BCUT2D eigenvalue weighted by molar-refractivity contribution is 7.80. The summed E-state index contributed by atoms with van der Waals surface area (Å²) < 4.78 is 40.2. The normalized spacial score (nSPS) is 18.6. The van der Waals surface area contributed by atoms with E-state index in [1.165, 1.54) is 6.07 Å². The van der Waals surface area contributed by atoms with Crippen molar-refractivity contribution < 1.29 is 23.0 Å². The van der Waals surface area contributed by atoms with Crippen molar-refractivity contribution in [3.05, 3.63) is 24.0 Å². The number of hydrazine groups is 1. The largest absolute Gasteiger partial charge is 0.505 e. The molecule has 1 unspecified atom stereocenters. The van der Waals surface area contributed by atoms with Crippen molar-refractivity contribution in [2.45, 2.75) is 0 Å². The number of hydrogen-bond donors (Lipinski definition) is 2. The summed E-state index contributed by atoms with van der Waals surface area (Å²) in [6.07, 6.45) is 0. The van der Waals surface area contributed by atoms with E-state index in [9.17, 15) is 13.2 Å². The second-order valence-corrected chi connectivity index (χ2v) is 4.51. The molecule has 0 bridgehead atoms. The highest BCUT2D eigenvalue weighted by Gasteiger charge is 2.24. The van der Waals surface area contributed by atoms with Gasteiger partial charge in [-0.1, -0.05) is 0 Å². The second kappa shape index (κ2) is 5.61. The van der Waals surface area contributed by atoms with Crippen molar-refractivity contribution in [3.63, 3.8) is 0 Å². The van der Waals surface area contributed by atoms with E-state index in [1.807, 2.05) is 0 Å². The maximum Gasteiger partial charge on any atom is 0.277 e. The van der Waals surface area contributed by atoms with E-state index < -0.39 is 22.8 Å². The van der Waals surface area contributed by atoms with E-state index in [0.717, 1.165) is 16.5 Å². The molecule has 1 aliphatic rings. The summed E-state index contributed by atoms with van der Waals surface area (Å²) in [7, 11) is 0. The van der Waals surface area contributed by atoms with Crippen LogP contribution in [0.15, 0.2) is 18.2 Å².